The Labute approximate surface area is 183 Å². The second kappa shape index (κ2) is 9.30. The number of oxime groups is 1. The summed E-state index contributed by atoms with van der Waals surface area (Å²) in [7, 11) is 0. The highest BCUT2D eigenvalue weighted by Gasteiger charge is 2.33. The number of benzene rings is 2. The Hall–Kier alpha value is -2.90. The summed E-state index contributed by atoms with van der Waals surface area (Å²) < 4.78 is 52.9. The average molecular weight is 448 g/mol. The Bertz CT molecular complexity index is 999. The van der Waals surface area contributed by atoms with Crippen LogP contribution in [-0.2, 0) is 22.4 Å². The van der Waals surface area contributed by atoms with Gasteiger partial charge in [0.1, 0.15) is 5.82 Å². The molecule has 0 N–H and O–H groups in total. The Kier molecular flexibility index (Phi) is 6.48. The fraction of sp³-hybridized carbons (Fsp3) is 0.417. The number of nitrogens with zero attached hydrogens (tertiary/aromatic N) is 2. The molecule has 0 radical (unpaired) electrons. The van der Waals surface area contributed by atoms with Gasteiger partial charge in [0, 0.05) is 24.4 Å². The van der Waals surface area contributed by atoms with Crippen molar-refractivity contribution in [1.29, 1.82) is 0 Å². The van der Waals surface area contributed by atoms with Gasteiger partial charge in [-0.25, -0.2) is 4.39 Å². The molecule has 0 spiro atoms. The van der Waals surface area contributed by atoms with Crippen LogP contribution >= 0.6 is 0 Å². The SMILES string of the molecule is O=C(C1CCCC1)N(Cc1cccc(C(F)(F)F)c1)C[C@H]1CC(c2cccc(F)c2)=NO1. The molecular weight excluding hydrogens is 424 g/mol. The van der Waals surface area contributed by atoms with Gasteiger partial charge >= 0.3 is 6.18 Å². The number of carbonyl (C=O) groups is 1. The molecule has 0 saturated heterocycles. The van der Waals surface area contributed by atoms with Crippen LogP contribution in [0.3, 0.4) is 0 Å². The highest BCUT2D eigenvalue weighted by atomic mass is 19.4. The third-order valence-corrected chi connectivity index (χ3v) is 5.96. The van der Waals surface area contributed by atoms with E-state index in [-0.39, 0.29) is 30.7 Å². The minimum atomic E-state index is -4.45. The van der Waals surface area contributed by atoms with Gasteiger partial charge in [0.15, 0.2) is 6.10 Å². The minimum Gasteiger partial charge on any atom is -0.390 e. The molecule has 4 nitrogen and oxygen atoms in total. The molecule has 1 atom stereocenters. The summed E-state index contributed by atoms with van der Waals surface area (Å²) in [6.45, 7) is 0.266. The van der Waals surface area contributed by atoms with Crippen LogP contribution in [0.25, 0.3) is 0 Å². The van der Waals surface area contributed by atoms with Crippen molar-refractivity contribution in [3.05, 3.63) is 71.0 Å². The van der Waals surface area contributed by atoms with Crippen molar-refractivity contribution >= 4 is 11.6 Å². The van der Waals surface area contributed by atoms with Crippen molar-refractivity contribution in [3.63, 3.8) is 0 Å². The number of amides is 1. The molecule has 0 bridgehead atoms. The van der Waals surface area contributed by atoms with E-state index in [1.165, 1.54) is 18.2 Å². The van der Waals surface area contributed by atoms with Crippen LogP contribution in [0.15, 0.2) is 53.7 Å². The van der Waals surface area contributed by atoms with E-state index in [1.807, 2.05) is 0 Å². The first-order valence-electron chi connectivity index (χ1n) is 10.7. The Morgan fingerprint density at radius 1 is 1.09 bits per heavy atom. The summed E-state index contributed by atoms with van der Waals surface area (Å²) in [6, 6.07) is 11.1. The summed E-state index contributed by atoms with van der Waals surface area (Å²) in [6.07, 6.45) is -0.979. The van der Waals surface area contributed by atoms with Crippen molar-refractivity contribution in [2.24, 2.45) is 11.1 Å². The topological polar surface area (TPSA) is 41.9 Å². The molecule has 2 aromatic carbocycles. The van der Waals surface area contributed by atoms with Crippen LogP contribution < -0.4 is 0 Å². The molecule has 1 saturated carbocycles. The van der Waals surface area contributed by atoms with Crippen LogP contribution in [0.1, 0.15) is 48.8 Å². The van der Waals surface area contributed by atoms with Crippen molar-refractivity contribution in [3.8, 4) is 0 Å². The number of hydrogen-bond donors (Lipinski definition) is 0. The van der Waals surface area contributed by atoms with Crippen molar-refractivity contribution in [2.75, 3.05) is 6.54 Å². The highest BCUT2D eigenvalue weighted by Crippen LogP contribution is 2.31. The first-order chi connectivity index (χ1) is 15.3. The molecule has 4 rings (SSSR count). The molecule has 1 fully saturated rings. The van der Waals surface area contributed by atoms with E-state index in [9.17, 15) is 22.4 Å². The third kappa shape index (κ3) is 5.29. The van der Waals surface area contributed by atoms with Gasteiger partial charge in [-0.05, 0) is 42.7 Å². The molecule has 2 aromatic rings. The number of halogens is 4. The molecule has 0 unspecified atom stereocenters. The average Bonchev–Trinajstić information content (AvgIpc) is 3.45. The molecule has 1 heterocycles. The zero-order chi connectivity index (χ0) is 22.7. The van der Waals surface area contributed by atoms with Gasteiger partial charge in [-0.3, -0.25) is 4.79 Å². The van der Waals surface area contributed by atoms with Crippen molar-refractivity contribution in [2.45, 2.75) is 50.9 Å². The summed E-state index contributed by atoms with van der Waals surface area (Å²) in [4.78, 5) is 20.3. The van der Waals surface area contributed by atoms with Gasteiger partial charge in [0.05, 0.1) is 17.8 Å². The molecule has 1 aliphatic heterocycles. The van der Waals surface area contributed by atoms with E-state index in [1.54, 1.807) is 23.1 Å². The quantitative estimate of drug-likeness (QED) is 0.544. The first kappa shape index (κ1) is 22.3. The summed E-state index contributed by atoms with van der Waals surface area (Å²) >= 11 is 0. The monoisotopic (exact) mass is 448 g/mol. The van der Waals surface area contributed by atoms with Gasteiger partial charge in [-0.2, -0.15) is 13.2 Å². The molecule has 8 heteroatoms. The summed E-state index contributed by atoms with van der Waals surface area (Å²) in [5.74, 6) is -0.565. The van der Waals surface area contributed by atoms with Gasteiger partial charge in [-0.1, -0.05) is 42.3 Å². The van der Waals surface area contributed by atoms with Gasteiger partial charge in [-0.15, -0.1) is 0 Å². The number of rotatable bonds is 6. The Balaban J connectivity index is 1.49. The third-order valence-electron chi connectivity index (χ3n) is 5.96. The summed E-state index contributed by atoms with van der Waals surface area (Å²) in [5.41, 5.74) is 0.869. The molecular formula is C24H24F4N2O2. The number of alkyl halides is 3. The van der Waals surface area contributed by atoms with E-state index in [0.717, 1.165) is 37.8 Å². The first-order valence-corrected chi connectivity index (χ1v) is 10.7. The molecule has 0 aromatic heterocycles. The molecule has 170 valence electrons. The van der Waals surface area contributed by atoms with Crippen LogP contribution in [0, 0.1) is 11.7 Å². The summed E-state index contributed by atoms with van der Waals surface area (Å²) in [5, 5.41) is 4.06. The maximum absolute atomic E-state index is 13.5. The Morgan fingerprint density at radius 2 is 1.84 bits per heavy atom. The van der Waals surface area contributed by atoms with Crippen molar-refractivity contribution in [1.82, 2.24) is 4.90 Å². The van der Waals surface area contributed by atoms with Crippen LogP contribution in [0.2, 0.25) is 0 Å². The lowest BCUT2D eigenvalue weighted by Crippen LogP contribution is -2.40. The van der Waals surface area contributed by atoms with Crippen LogP contribution in [-0.4, -0.2) is 29.2 Å². The van der Waals surface area contributed by atoms with E-state index in [2.05, 4.69) is 5.16 Å². The van der Waals surface area contributed by atoms with Crippen LogP contribution in [0.5, 0.6) is 0 Å². The lowest BCUT2D eigenvalue weighted by Gasteiger charge is -2.28. The molecule has 32 heavy (non-hydrogen) atoms. The maximum atomic E-state index is 13.5. The fourth-order valence-corrected chi connectivity index (χ4v) is 4.34. The van der Waals surface area contributed by atoms with Gasteiger partial charge in [0.2, 0.25) is 5.91 Å². The maximum Gasteiger partial charge on any atom is 0.416 e. The van der Waals surface area contributed by atoms with Gasteiger partial charge in [0.25, 0.3) is 0 Å². The van der Waals surface area contributed by atoms with E-state index in [0.29, 0.717) is 23.3 Å². The van der Waals surface area contributed by atoms with E-state index >= 15 is 0 Å². The fourth-order valence-electron chi connectivity index (χ4n) is 4.34. The lowest BCUT2D eigenvalue weighted by atomic mass is 10.0. The van der Waals surface area contributed by atoms with E-state index < -0.39 is 17.8 Å². The predicted molar refractivity (Wildman–Crippen MR) is 111 cm³/mol. The van der Waals surface area contributed by atoms with Gasteiger partial charge < -0.3 is 9.74 Å². The molecule has 1 amide bonds. The number of hydrogen-bond acceptors (Lipinski definition) is 3. The lowest BCUT2D eigenvalue weighted by molar-refractivity contribution is -0.137. The largest absolute Gasteiger partial charge is 0.416 e. The smallest absolute Gasteiger partial charge is 0.390 e. The van der Waals surface area contributed by atoms with Crippen molar-refractivity contribution < 1.29 is 27.2 Å². The standard InChI is InChI=1S/C24H24F4N2O2/c25-20-10-4-8-18(12-20)22-13-21(32-29-22)15-30(23(31)17-6-1-2-7-17)14-16-5-3-9-19(11-16)24(26,27)28/h3-5,8-12,17,21H,1-2,6-7,13-15H2/t21-/m1/s1. The normalized spacial score (nSPS) is 19.0. The second-order valence-electron chi connectivity index (χ2n) is 8.38. The zero-order valence-electron chi connectivity index (χ0n) is 17.4. The minimum absolute atomic E-state index is 0.0639. The van der Waals surface area contributed by atoms with E-state index in [4.69, 9.17) is 4.84 Å². The van der Waals surface area contributed by atoms with Crippen LogP contribution in [0.4, 0.5) is 17.6 Å². The second-order valence-corrected chi connectivity index (χ2v) is 8.38. The zero-order valence-corrected chi connectivity index (χ0v) is 17.4. The molecule has 2 aliphatic rings. The number of carbonyl (C=O) groups excluding carboxylic acids is 1. The Morgan fingerprint density at radius 3 is 2.56 bits per heavy atom. The highest BCUT2D eigenvalue weighted by molar-refractivity contribution is 6.01. The molecule has 1 aliphatic carbocycles. The predicted octanol–water partition coefficient (Wildman–Crippen LogP) is 5.56.